The predicted octanol–water partition coefficient (Wildman–Crippen LogP) is 5.08. The molecule has 0 bridgehead atoms. The Kier molecular flexibility index (Phi) is 6.91. The van der Waals surface area contributed by atoms with Crippen molar-refractivity contribution in [1.82, 2.24) is 19.6 Å². The molecule has 0 spiro atoms. The van der Waals surface area contributed by atoms with Crippen molar-refractivity contribution in [3.63, 3.8) is 0 Å². The average Bonchev–Trinajstić information content (AvgIpc) is 3.30. The molecule has 1 unspecified atom stereocenters. The third kappa shape index (κ3) is 5.43. The molecular weight excluding hydrogens is 439 g/mol. The summed E-state index contributed by atoms with van der Waals surface area (Å²) in [6.07, 6.45) is 3.92. The van der Waals surface area contributed by atoms with E-state index in [0.717, 1.165) is 55.1 Å². The molecular formula is C29H31FN4O. The molecule has 180 valence electrons. The third-order valence-corrected chi connectivity index (χ3v) is 6.95. The Morgan fingerprint density at radius 3 is 2.60 bits per heavy atom. The summed E-state index contributed by atoms with van der Waals surface area (Å²) in [7, 11) is 0. The predicted molar refractivity (Wildman–Crippen MR) is 136 cm³/mol. The molecule has 3 heterocycles. The van der Waals surface area contributed by atoms with Gasteiger partial charge < -0.3 is 9.72 Å². The maximum atomic E-state index is 14.1. The Morgan fingerprint density at radius 1 is 1.06 bits per heavy atom. The van der Waals surface area contributed by atoms with Crippen molar-refractivity contribution in [2.75, 3.05) is 13.1 Å². The van der Waals surface area contributed by atoms with Gasteiger partial charge in [-0.15, -0.1) is 0 Å². The number of carbonyl (C=O) groups excluding carboxylic acids is 1. The number of nitrogens with one attached hydrogen (secondary N) is 1. The van der Waals surface area contributed by atoms with Gasteiger partial charge in [0.1, 0.15) is 11.5 Å². The van der Waals surface area contributed by atoms with Gasteiger partial charge >= 0.3 is 0 Å². The minimum atomic E-state index is -0.302. The summed E-state index contributed by atoms with van der Waals surface area (Å²) in [5.41, 5.74) is 4.85. The summed E-state index contributed by atoms with van der Waals surface area (Å²) in [6.45, 7) is 4.88. The molecule has 1 aliphatic heterocycles. The van der Waals surface area contributed by atoms with Crippen LogP contribution in [-0.2, 0) is 11.3 Å². The molecule has 1 atom stereocenters. The first-order valence-electron chi connectivity index (χ1n) is 12.3. The molecule has 2 aromatic carbocycles. The molecule has 1 fully saturated rings. The largest absolute Gasteiger partial charge is 0.353 e. The minimum Gasteiger partial charge on any atom is -0.353 e. The van der Waals surface area contributed by atoms with E-state index < -0.39 is 0 Å². The van der Waals surface area contributed by atoms with E-state index in [1.165, 1.54) is 17.7 Å². The Bertz CT molecular complexity index is 1290. The minimum absolute atomic E-state index is 0.00990. The summed E-state index contributed by atoms with van der Waals surface area (Å²) >= 11 is 0. The van der Waals surface area contributed by atoms with Crippen molar-refractivity contribution in [2.24, 2.45) is 0 Å². The highest BCUT2D eigenvalue weighted by atomic mass is 19.1. The van der Waals surface area contributed by atoms with E-state index in [1.54, 1.807) is 6.07 Å². The lowest BCUT2D eigenvalue weighted by Crippen LogP contribution is -2.44. The first-order valence-corrected chi connectivity index (χ1v) is 12.3. The molecule has 0 saturated carbocycles. The van der Waals surface area contributed by atoms with Gasteiger partial charge in [0, 0.05) is 49.9 Å². The van der Waals surface area contributed by atoms with Crippen LogP contribution in [0.4, 0.5) is 4.39 Å². The zero-order valence-electron chi connectivity index (χ0n) is 20.0. The summed E-state index contributed by atoms with van der Waals surface area (Å²) in [5, 5.41) is 3.25. The lowest BCUT2D eigenvalue weighted by molar-refractivity contribution is -0.122. The number of halogens is 1. The van der Waals surface area contributed by atoms with Crippen LogP contribution in [0.25, 0.3) is 5.65 Å². The Morgan fingerprint density at radius 2 is 1.83 bits per heavy atom. The van der Waals surface area contributed by atoms with Crippen molar-refractivity contribution in [3.8, 4) is 0 Å². The highest BCUT2D eigenvalue weighted by molar-refractivity contribution is 5.78. The van der Waals surface area contributed by atoms with E-state index in [9.17, 15) is 9.18 Å². The number of likely N-dealkylation sites (tertiary alicyclic amines) is 1. The van der Waals surface area contributed by atoms with Crippen LogP contribution in [0.15, 0.2) is 79.0 Å². The second kappa shape index (κ2) is 10.4. The van der Waals surface area contributed by atoms with Gasteiger partial charge in [-0.3, -0.25) is 9.69 Å². The number of rotatable bonds is 7. The van der Waals surface area contributed by atoms with E-state index in [0.29, 0.717) is 0 Å². The van der Waals surface area contributed by atoms with E-state index in [-0.39, 0.29) is 30.1 Å². The van der Waals surface area contributed by atoms with Crippen LogP contribution < -0.4 is 5.32 Å². The Labute approximate surface area is 205 Å². The lowest BCUT2D eigenvalue weighted by Gasteiger charge is -2.32. The molecule has 35 heavy (non-hydrogen) atoms. The highest BCUT2D eigenvalue weighted by Crippen LogP contribution is 2.30. The molecule has 1 N–H and O–H groups in total. The van der Waals surface area contributed by atoms with Gasteiger partial charge in [0.05, 0.1) is 5.69 Å². The monoisotopic (exact) mass is 470 g/mol. The van der Waals surface area contributed by atoms with Crippen molar-refractivity contribution in [1.29, 1.82) is 0 Å². The molecule has 1 saturated heterocycles. The molecule has 5 rings (SSSR count). The number of piperidine rings is 1. The first kappa shape index (κ1) is 23.2. The van der Waals surface area contributed by atoms with Gasteiger partial charge in [0.25, 0.3) is 0 Å². The number of carbonyl (C=O) groups is 1. The number of aromatic nitrogens is 2. The number of pyridine rings is 1. The number of aryl methyl sites for hydroxylation is 1. The first-order chi connectivity index (χ1) is 17.1. The van der Waals surface area contributed by atoms with Crippen LogP contribution in [0.2, 0.25) is 0 Å². The number of nitrogens with zero attached hydrogens (tertiary/aromatic N) is 3. The molecule has 4 aromatic rings. The molecule has 2 aromatic heterocycles. The number of imidazole rings is 1. The standard InChI is InChI=1S/C29H31FN4O/c1-21-7-5-12-28-31-19-27(34(21)28)26(23-10-6-11-24(30)17-23)18-29(35)32-25-13-15-33(16-14-25)20-22-8-3-2-4-9-22/h2-12,17,19,25-26H,13-16,18,20H2,1H3,(H,32,35). The molecule has 0 aliphatic carbocycles. The van der Waals surface area contributed by atoms with E-state index in [2.05, 4.69) is 43.9 Å². The van der Waals surface area contributed by atoms with Gasteiger partial charge in [-0.25, -0.2) is 9.37 Å². The van der Waals surface area contributed by atoms with Crippen molar-refractivity contribution in [3.05, 3.63) is 107 Å². The zero-order valence-corrected chi connectivity index (χ0v) is 20.0. The maximum Gasteiger partial charge on any atom is 0.221 e. The average molecular weight is 471 g/mol. The van der Waals surface area contributed by atoms with Crippen LogP contribution >= 0.6 is 0 Å². The fraction of sp³-hybridized carbons (Fsp3) is 0.310. The number of benzene rings is 2. The molecule has 6 heteroatoms. The van der Waals surface area contributed by atoms with E-state index in [1.807, 2.05) is 43.5 Å². The van der Waals surface area contributed by atoms with Gasteiger partial charge in [0.15, 0.2) is 0 Å². The summed E-state index contributed by atoms with van der Waals surface area (Å²) in [5.74, 6) is -0.603. The second-order valence-corrected chi connectivity index (χ2v) is 9.46. The van der Waals surface area contributed by atoms with Crippen LogP contribution in [0.1, 0.15) is 47.7 Å². The Balaban J connectivity index is 1.28. The number of hydrogen-bond donors (Lipinski definition) is 1. The summed E-state index contributed by atoms with van der Waals surface area (Å²) in [4.78, 5) is 20.2. The van der Waals surface area contributed by atoms with Crippen LogP contribution in [0.3, 0.4) is 0 Å². The zero-order chi connectivity index (χ0) is 24.2. The van der Waals surface area contributed by atoms with Gasteiger partial charge in [0.2, 0.25) is 5.91 Å². The van der Waals surface area contributed by atoms with Gasteiger partial charge in [-0.05, 0) is 55.2 Å². The lowest BCUT2D eigenvalue weighted by atomic mass is 9.91. The summed E-state index contributed by atoms with van der Waals surface area (Å²) < 4.78 is 16.2. The molecule has 1 aliphatic rings. The van der Waals surface area contributed by atoms with Crippen molar-refractivity contribution >= 4 is 11.6 Å². The Hall–Kier alpha value is -3.51. The molecule has 1 amide bonds. The van der Waals surface area contributed by atoms with Gasteiger partial charge in [-0.2, -0.15) is 0 Å². The number of fused-ring (bicyclic) bond motifs is 1. The second-order valence-electron chi connectivity index (χ2n) is 9.46. The van der Waals surface area contributed by atoms with Crippen LogP contribution in [0, 0.1) is 12.7 Å². The SMILES string of the molecule is Cc1cccc2ncc(C(CC(=O)NC3CCN(Cc4ccccc4)CC3)c3cccc(F)c3)n12. The van der Waals surface area contributed by atoms with E-state index >= 15 is 0 Å². The van der Waals surface area contributed by atoms with Crippen LogP contribution in [-0.4, -0.2) is 39.3 Å². The molecule has 0 radical (unpaired) electrons. The normalized spacial score (nSPS) is 15.8. The topological polar surface area (TPSA) is 49.6 Å². The fourth-order valence-electron chi connectivity index (χ4n) is 5.14. The van der Waals surface area contributed by atoms with Gasteiger partial charge in [-0.1, -0.05) is 48.5 Å². The van der Waals surface area contributed by atoms with E-state index in [4.69, 9.17) is 0 Å². The molecule has 5 nitrogen and oxygen atoms in total. The quantitative estimate of drug-likeness (QED) is 0.410. The van der Waals surface area contributed by atoms with Crippen LogP contribution in [0.5, 0.6) is 0 Å². The number of hydrogen-bond acceptors (Lipinski definition) is 3. The third-order valence-electron chi connectivity index (χ3n) is 6.95. The highest BCUT2D eigenvalue weighted by Gasteiger charge is 2.26. The fourth-order valence-corrected chi connectivity index (χ4v) is 5.14. The van der Waals surface area contributed by atoms with Crippen molar-refractivity contribution < 1.29 is 9.18 Å². The van der Waals surface area contributed by atoms with Crippen molar-refractivity contribution in [2.45, 2.75) is 44.7 Å². The maximum absolute atomic E-state index is 14.1. The smallest absolute Gasteiger partial charge is 0.221 e. The summed E-state index contributed by atoms with van der Waals surface area (Å²) in [6, 6.07) is 23.1. The number of amides is 1.